The Morgan fingerprint density at radius 3 is 2.53 bits per heavy atom. The van der Waals surface area contributed by atoms with Gasteiger partial charge in [0.1, 0.15) is 6.04 Å². The van der Waals surface area contributed by atoms with E-state index in [4.69, 9.17) is 16.7 Å². The number of aromatic nitrogens is 4. The number of rotatable bonds is 6. The molecule has 0 bridgehead atoms. The Morgan fingerprint density at radius 2 is 1.87 bits per heavy atom. The predicted octanol–water partition coefficient (Wildman–Crippen LogP) is 4.61. The summed E-state index contributed by atoms with van der Waals surface area (Å²) in [4.78, 5) is 18.7. The number of imidazole rings is 1. The average Bonchev–Trinajstić information content (AvgIpc) is 3.44. The van der Waals surface area contributed by atoms with Gasteiger partial charge in [-0.3, -0.25) is 4.79 Å². The molecule has 6 nitrogen and oxygen atoms in total. The Morgan fingerprint density at radius 1 is 1.13 bits per heavy atom. The minimum Gasteiger partial charge on any atom is -0.339 e. The van der Waals surface area contributed by atoms with Gasteiger partial charge in [-0.2, -0.15) is 5.10 Å². The van der Waals surface area contributed by atoms with Crippen molar-refractivity contribution in [2.24, 2.45) is 0 Å². The van der Waals surface area contributed by atoms with E-state index in [1.165, 1.54) is 0 Å². The summed E-state index contributed by atoms with van der Waals surface area (Å²) in [6, 6.07) is 17.2. The average molecular weight is 420 g/mol. The van der Waals surface area contributed by atoms with E-state index >= 15 is 0 Å². The Bertz CT molecular complexity index is 1120. The smallest absolute Gasteiger partial charge is 0.245 e. The van der Waals surface area contributed by atoms with Crippen LogP contribution in [0.15, 0.2) is 79.5 Å². The first kappa shape index (κ1) is 19.9. The molecule has 152 valence electrons. The SMILES string of the molecule is C[C@@H](C(=O)N(C)Cc1cn(-c2ccccc2)nc1-c1ccc(Cl)cc1)n1ccnc1. The van der Waals surface area contributed by atoms with Gasteiger partial charge in [-0.05, 0) is 31.2 Å². The van der Waals surface area contributed by atoms with Crippen LogP contribution < -0.4 is 0 Å². The molecule has 0 spiro atoms. The summed E-state index contributed by atoms with van der Waals surface area (Å²) in [6.45, 7) is 2.30. The lowest BCUT2D eigenvalue weighted by Crippen LogP contribution is -2.32. The molecule has 1 atom stereocenters. The van der Waals surface area contributed by atoms with Crippen molar-refractivity contribution in [1.82, 2.24) is 24.2 Å². The van der Waals surface area contributed by atoms with Crippen LogP contribution in [0.3, 0.4) is 0 Å². The zero-order valence-corrected chi connectivity index (χ0v) is 17.6. The van der Waals surface area contributed by atoms with E-state index in [0.29, 0.717) is 11.6 Å². The second-order valence-electron chi connectivity index (χ2n) is 7.17. The molecule has 0 aliphatic heterocycles. The molecule has 0 fully saturated rings. The molecule has 0 unspecified atom stereocenters. The summed E-state index contributed by atoms with van der Waals surface area (Å²) in [5.41, 5.74) is 3.69. The summed E-state index contributed by atoms with van der Waals surface area (Å²) in [5.74, 6) is 0.00233. The standard InChI is InChI=1S/C23H22ClN5O/c1-17(28-13-12-25-16-28)23(30)27(2)14-19-15-29(21-6-4-3-5-7-21)26-22(19)18-8-10-20(24)11-9-18/h3-13,15-17H,14H2,1-2H3/t17-/m0/s1. The lowest BCUT2D eigenvalue weighted by molar-refractivity contribution is -0.133. The topological polar surface area (TPSA) is 56.0 Å². The van der Waals surface area contributed by atoms with E-state index in [0.717, 1.165) is 22.5 Å². The molecule has 0 saturated heterocycles. The lowest BCUT2D eigenvalue weighted by atomic mass is 10.1. The highest BCUT2D eigenvalue weighted by molar-refractivity contribution is 6.30. The van der Waals surface area contributed by atoms with Crippen LogP contribution >= 0.6 is 11.6 Å². The van der Waals surface area contributed by atoms with Crippen molar-refractivity contribution in [2.75, 3.05) is 7.05 Å². The van der Waals surface area contributed by atoms with Crippen LogP contribution in [0.1, 0.15) is 18.5 Å². The number of para-hydroxylation sites is 1. The van der Waals surface area contributed by atoms with E-state index in [1.54, 1.807) is 35.2 Å². The number of hydrogen-bond acceptors (Lipinski definition) is 3. The highest BCUT2D eigenvalue weighted by atomic mass is 35.5. The molecule has 7 heteroatoms. The lowest BCUT2D eigenvalue weighted by Gasteiger charge is -2.22. The number of carbonyl (C=O) groups excluding carboxylic acids is 1. The third-order valence-electron chi connectivity index (χ3n) is 5.04. The molecule has 2 aromatic heterocycles. The number of carbonyl (C=O) groups is 1. The van der Waals surface area contributed by atoms with Crippen LogP contribution in [0.4, 0.5) is 0 Å². The number of hydrogen-bond donors (Lipinski definition) is 0. The van der Waals surface area contributed by atoms with Crippen LogP contribution in [0, 0.1) is 0 Å². The Hall–Kier alpha value is -3.38. The fraction of sp³-hybridized carbons (Fsp3) is 0.174. The molecule has 0 aliphatic carbocycles. The fourth-order valence-corrected chi connectivity index (χ4v) is 3.49. The molecular formula is C23H22ClN5O. The maximum absolute atomic E-state index is 12.9. The van der Waals surface area contributed by atoms with Gasteiger partial charge < -0.3 is 9.47 Å². The highest BCUT2D eigenvalue weighted by Crippen LogP contribution is 2.26. The molecule has 2 aromatic carbocycles. The van der Waals surface area contributed by atoms with Crippen LogP contribution in [0.2, 0.25) is 5.02 Å². The Labute approximate surface area is 180 Å². The summed E-state index contributed by atoms with van der Waals surface area (Å²) in [7, 11) is 1.81. The first-order chi connectivity index (χ1) is 14.5. The van der Waals surface area contributed by atoms with Gasteiger partial charge in [0.2, 0.25) is 5.91 Å². The van der Waals surface area contributed by atoms with Crippen molar-refractivity contribution in [3.05, 3.63) is 90.1 Å². The Kier molecular flexibility index (Phi) is 5.68. The number of benzene rings is 2. The maximum atomic E-state index is 12.9. The van der Waals surface area contributed by atoms with Crippen molar-refractivity contribution in [2.45, 2.75) is 19.5 Å². The molecule has 4 aromatic rings. The minimum atomic E-state index is -0.333. The van der Waals surface area contributed by atoms with E-state index < -0.39 is 0 Å². The Balaban J connectivity index is 1.66. The van der Waals surface area contributed by atoms with Crippen molar-refractivity contribution < 1.29 is 4.79 Å². The van der Waals surface area contributed by atoms with Gasteiger partial charge in [0, 0.05) is 48.3 Å². The van der Waals surface area contributed by atoms with Crippen molar-refractivity contribution in [1.29, 1.82) is 0 Å². The summed E-state index contributed by atoms with van der Waals surface area (Å²) in [6.07, 6.45) is 7.10. The molecule has 0 N–H and O–H groups in total. The highest BCUT2D eigenvalue weighted by Gasteiger charge is 2.21. The van der Waals surface area contributed by atoms with Gasteiger partial charge in [0.15, 0.2) is 0 Å². The molecule has 30 heavy (non-hydrogen) atoms. The molecule has 0 radical (unpaired) electrons. The van der Waals surface area contributed by atoms with Gasteiger partial charge in [0.25, 0.3) is 0 Å². The third-order valence-corrected chi connectivity index (χ3v) is 5.29. The van der Waals surface area contributed by atoms with Crippen LogP contribution in [0.25, 0.3) is 16.9 Å². The van der Waals surface area contributed by atoms with Crippen molar-refractivity contribution in [3.8, 4) is 16.9 Å². The van der Waals surface area contributed by atoms with Crippen LogP contribution in [-0.2, 0) is 11.3 Å². The number of halogens is 1. The van der Waals surface area contributed by atoms with Crippen LogP contribution in [0.5, 0.6) is 0 Å². The van der Waals surface area contributed by atoms with E-state index in [-0.39, 0.29) is 11.9 Å². The second-order valence-corrected chi connectivity index (χ2v) is 7.61. The normalized spacial score (nSPS) is 12.0. The summed E-state index contributed by atoms with van der Waals surface area (Å²) < 4.78 is 3.64. The quantitative estimate of drug-likeness (QED) is 0.458. The van der Waals surface area contributed by atoms with Crippen LogP contribution in [-0.4, -0.2) is 37.2 Å². The molecule has 1 amide bonds. The zero-order valence-electron chi connectivity index (χ0n) is 16.8. The second kappa shape index (κ2) is 8.55. The van der Waals surface area contributed by atoms with Gasteiger partial charge in [-0.25, -0.2) is 9.67 Å². The monoisotopic (exact) mass is 419 g/mol. The van der Waals surface area contributed by atoms with Gasteiger partial charge >= 0.3 is 0 Å². The van der Waals surface area contributed by atoms with Gasteiger partial charge in [0.05, 0.1) is 17.7 Å². The summed E-state index contributed by atoms with van der Waals surface area (Å²) in [5, 5.41) is 5.48. The largest absolute Gasteiger partial charge is 0.339 e. The van der Waals surface area contributed by atoms with Gasteiger partial charge in [-0.15, -0.1) is 0 Å². The van der Waals surface area contributed by atoms with Crippen molar-refractivity contribution in [3.63, 3.8) is 0 Å². The predicted molar refractivity (Wildman–Crippen MR) is 117 cm³/mol. The number of likely N-dealkylation sites (N-methyl/N-ethyl adjacent to an activating group) is 1. The van der Waals surface area contributed by atoms with Gasteiger partial charge in [-0.1, -0.05) is 41.9 Å². The molecule has 2 heterocycles. The first-order valence-electron chi connectivity index (χ1n) is 9.65. The number of nitrogens with zero attached hydrogens (tertiary/aromatic N) is 5. The minimum absolute atomic E-state index is 0.00233. The maximum Gasteiger partial charge on any atom is 0.245 e. The molecular weight excluding hydrogens is 398 g/mol. The molecule has 0 saturated carbocycles. The van der Waals surface area contributed by atoms with Crippen molar-refractivity contribution >= 4 is 17.5 Å². The number of amides is 1. The third kappa shape index (κ3) is 4.14. The zero-order chi connectivity index (χ0) is 21.1. The summed E-state index contributed by atoms with van der Waals surface area (Å²) >= 11 is 6.06. The first-order valence-corrected chi connectivity index (χ1v) is 10.0. The fourth-order valence-electron chi connectivity index (χ4n) is 3.37. The van der Waals surface area contributed by atoms with E-state index in [2.05, 4.69) is 4.98 Å². The van der Waals surface area contributed by atoms with E-state index in [1.807, 2.05) is 72.4 Å². The molecule has 0 aliphatic rings. The van der Waals surface area contributed by atoms with E-state index in [9.17, 15) is 4.79 Å². The molecule has 4 rings (SSSR count).